The summed E-state index contributed by atoms with van der Waals surface area (Å²) >= 11 is -0.0246. The molecule has 5 heteroatoms. The van der Waals surface area contributed by atoms with E-state index in [0.717, 1.165) is 26.3 Å². The molecule has 2 rings (SSSR count). The van der Waals surface area contributed by atoms with E-state index in [1.165, 1.54) is 4.56 Å². The van der Waals surface area contributed by atoms with Crippen molar-refractivity contribution in [1.82, 2.24) is 0 Å². The number of rotatable bonds is 2. The van der Waals surface area contributed by atoms with Gasteiger partial charge in [0.25, 0.3) is 0 Å². The van der Waals surface area contributed by atoms with E-state index in [9.17, 15) is 4.79 Å². The molecule has 0 amide bonds. The van der Waals surface area contributed by atoms with Gasteiger partial charge < -0.3 is 0 Å². The molecule has 2 heterocycles. The number of carboxylic acids is 1. The first-order chi connectivity index (χ1) is 6.77. The topological polar surface area (TPSA) is 49.8 Å². The van der Waals surface area contributed by atoms with Crippen LogP contribution < -0.4 is 4.90 Å². The van der Waals surface area contributed by atoms with Gasteiger partial charge in [-0.2, -0.15) is 0 Å². The van der Waals surface area contributed by atoms with Crippen LogP contribution in [-0.4, -0.2) is 51.9 Å². The standard InChI is InChI=1S/C9H11NO3Se/c11-9(12)7-1-2-8(14-7)10-3-5-13-6-4-10/h1-2H,3-6H2,(H,11,12). The second kappa shape index (κ2) is 4.17. The molecular formula is C9H11NO3Se. The minimum absolute atomic E-state index is 0.0246. The van der Waals surface area contributed by atoms with Gasteiger partial charge in [-0.25, -0.2) is 0 Å². The number of hydrogen-bond donors (Lipinski definition) is 1. The molecule has 4 nitrogen and oxygen atoms in total. The summed E-state index contributed by atoms with van der Waals surface area (Å²) in [6.45, 7) is 3.26. The van der Waals surface area contributed by atoms with E-state index >= 15 is 0 Å². The van der Waals surface area contributed by atoms with Gasteiger partial charge in [0, 0.05) is 0 Å². The zero-order valence-corrected chi connectivity index (χ0v) is 9.32. The molecule has 1 N–H and O–H groups in total. The second-order valence-corrected chi connectivity index (χ2v) is 5.27. The van der Waals surface area contributed by atoms with Gasteiger partial charge in [0.15, 0.2) is 0 Å². The Labute approximate surface area is 87.8 Å². The summed E-state index contributed by atoms with van der Waals surface area (Å²) in [6.07, 6.45) is 0. The van der Waals surface area contributed by atoms with Crippen LogP contribution in [0.5, 0.6) is 0 Å². The van der Waals surface area contributed by atoms with E-state index in [1.54, 1.807) is 6.07 Å². The van der Waals surface area contributed by atoms with Gasteiger partial charge in [-0.05, 0) is 0 Å². The van der Waals surface area contributed by atoms with Gasteiger partial charge in [0.2, 0.25) is 0 Å². The van der Waals surface area contributed by atoms with Crippen LogP contribution in [0.1, 0.15) is 9.23 Å². The van der Waals surface area contributed by atoms with Crippen LogP contribution >= 0.6 is 0 Å². The minimum atomic E-state index is -0.787. The Balaban J connectivity index is 2.11. The van der Waals surface area contributed by atoms with Crippen molar-refractivity contribution >= 4 is 25.0 Å². The molecule has 0 aliphatic carbocycles. The van der Waals surface area contributed by atoms with Gasteiger partial charge in [0.1, 0.15) is 0 Å². The van der Waals surface area contributed by atoms with Crippen molar-refractivity contribution in [3.05, 3.63) is 16.6 Å². The molecule has 0 unspecified atom stereocenters. The van der Waals surface area contributed by atoms with Crippen molar-refractivity contribution in [2.24, 2.45) is 0 Å². The van der Waals surface area contributed by atoms with Gasteiger partial charge in [-0.3, -0.25) is 0 Å². The summed E-state index contributed by atoms with van der Waals surface area (Å²) in [5.41, 5.74) is 0. The van der Waals surface area contributed by atoms with Gasteiger partial charge in [0.05, 0.1) is 0 Å². The maximum atomic E-state index is 10.7. The fraction of sp³-hybridized carbons (Fsp3) is 0.444. The number of anilines is 1. The Morgan fingerprint density at radius 2 is 2.14 bits per heavy atom. The molecule has 1 fully saturated rings. The molecule has 1 aromatic heterocycles. The fourth-order valence-electron chi connectivity index (χ4n) is 1.40. The number of morpholine rings is 1. The molecule has 0 radical (unpaired) electrons. The SMILES string of the molecule is O=C(O)c1ccc(N2CCOCC2)[se]1. The van der Waals surface area contributed by atoms with Crippen LogP contribution in [0.3, 0.4) is 0 Å². The van der Waals surface area contributed by atoms with E-state index in [2.05, 4.69) is 4.90 Å². The number of aromatic carboxylic acids is 1. The van der Waals surface area contributed by atoms with Crippen LogP contribution in [0.4, 0.5) is 4.56 Å². The molecule has 0 spiro atoms. The molecule has 1 aliphatic heterocycles. The van der Waals surface area contributed by atoms with E-state index in [0.29, 0.717) is 4.44 Å². The Morgan fingerprint density at radius 3 is 2.71 bits per heavy atom. The molecule has 14 heavy (non-hydrogen) atoms. The average molecular weight is 260 g/mol. The molecule has 1 aromatic rings. The van der Waals surface area contributed by atoms with Gasteiger partial charge in [-0.1, -0.05) is 0 Å². The molecule has 0 bridgehead atoms. The summed E-state index contributed by atoms with van der Waals surface area (Å²) in [4.78, 5) is 12.9. The molecule has 1 aliphatic rings. The Kier molecular flexibility index (Phi) is 2.91. The zero-order valence-electron chi connectivity index (χ0n) is 7.60. The monoisotopic (exact) mass is 261 g/mol. The summed E-state index contributed by atoms with van der Waals surface area (Å²) in [6, 6.07) is 3.64. The van der Waals surface area contributed by atoms with Crippen molar-refractivity contribution < 1.29 is 14.6 Å². The first-order valence-corrected chi connectivity index (χ1v) is 6.14. The van der Waals surface area contributed by atoms with Crippen LogP contribution in [0.2, 0.25) is 0 Å². The Bertz CT molecular complexity index is 331. The van der Waals surface area contributed by atoms with Crippen LogP contribution in [0.25, 0.3) is 0 Å². The predicted octanol–water partition coefficient (Wildman–Crippen LogP) is 0.278. The number of nitrogens with zero attached hydrogens (tertiary/aromatic N) is 1. The van der Waals surface area contributed by atoms with Crippen molar-refractivity contribution in [1.29, 1.82) is 0 Å². The quantitative estimate of drug-likeness (QED) is 0.776. The maximum absolute atomic E-state index is 10.7. The van der Waals surface area contributed by atoms with E-state index < -0.39 is 5.97 Å². The van der Waals surface area contributed by atoms with E-state index in [-0.39, 0.29) is 14.5 Å². The summed E-state index contributed by atoms with van der Waals surface area (Å²) in [5, 5.41) is 8.80. The third kappa shape index (κ3) is 2.00. The molecule has 0 aromatic carbocycles. The number of ether oxygens (including phenoxy) is 1. The first-order valence-electron chi connectivity index (χ1n) is 4.43. The van der Waals surface area contributed by atoms with E-state index in [4.69, 9.17) is 9.84 Å². The van der Waals surface area contributed by atoms with Gasteiger partial charge in [-0.15, -0.1) is 0 Å². The van der Waals surface area contributed by atoms with Crippen molar-refractivity contribution in [2.75, 3.05) is 31.2 Å². The normalized spacial score (nSPS) is 17.0. The zero-order chi connectivity index (χ0) is 9.97. The number of hydrogen-bond acceptors (Lipinski definition) is 3. The Morgan fingerprint density at radius 1 is 1.43 bits per heavy atom. The van der Waals surface area contributed by atoms with Gasteiger partial charge >= 0.3 is 87.4 Å². The van der Waals surface area contributed by atoms with Crippen molar-refractivity contribution in [3.63, 3.8) is 0 Å². The van der Waals surface area contributed by atoms with Crippen LogP contribution in [0, 0.1) is 0 Å². The summed E-state index contributed by atoms with van der Waals surface area (Å²) < 4.78 is 6.94. The van der Waals surface area contributed by atoms with Crippen molar-refractivity contribution in [3.8, 4) is 0 Å². The van der Waals surface area contributed by atoms with Crippen molar-refractivity contribution in [2.45, 2.75) is 0 Å². The average Bonchev–Trinajstić information content (AvgIpc) is 2.68. The van der Waals surface area contributed by atoms with Crippen LogP contribution in [-0.2, 0) is 4.74 Å². The molecule has 1 saturated heterocycles. The third-order valence-corrected chi connectivity index (χ3v) is 4.50. The van der Waals surface area contributed by atoms with Crippen LogP contribution in [0.15, 0.2) is 12.1 Å². The van der Waals surface area contributed by atoms with E-state index in [1.807, 2.05) is 6.07 Å². The summed E-state index contributed by atoms with van der Waals surface area (Å²) in [5.74, 6) is -0.787. The predicted molar refractivity (Wildman–Crippen MR) is 53.4 cm³/mol. The number of carboxylic acid groups (broad SMARTS) is 1. The molecular weight excluding hydrogens is 249 g/mol. The molecule has 0 saturated carbocycles. The second-order valence-electron chi connectivity index (χ2n) is 3.04. The molecule has 76 valence electrons. The summed E-state index contributed by atoms with van der Waals surface area (Å²) in [7, 11) is 0. The number of carbonyl (C=O) groups is 1. The molecule has 0 atom stereocenters. The third-order valence-electron chi connectivity index (χ3n) is 2.13. The fourth-order valence-corrected chi connectivity index (χ4v) is 3.28. The Hall–Kier alpha value is -0.771. The first kappa shape index (κ1) is 9.77.